The van der Waals surface area contributed by atoms with Crippen molar-refractivity contribution < 1.29 is 4.92 Å². The first-order chi connectivity index (χ1) is 8.11. The van der Waals surface area contributed by atoms with Crippen molar-refractivity contribution in [2.45, 2.75) is 4.90 Å². The van der Waals surface area contributed by atoms with E-state index in [0.29, 0.717) is 20.5 Å². The molecule has 0 radical (unpaired) electrons. The van der Waals surface area contributed by atoms with E-state index in [-0.39, 0.29) is 5.69 Å². The molecule has 17 heavy (non-hydrogen) atoms. The van der Waals surface area contributed by atoms with Gasteiger partial charge in [-0.1, -0.05) is 18.2 Å². The predicted molar refractivity (Wildman–Crippen MR) is 71.3 cm³/mol. The van der Waals surface area contributed by atoms with Crippen molar-refractivity contribution in [2.75, 3.05) is 0 Å². The molecule has 0 atom stereocenters. The molecule has 1 heterocycles. The monoisotopic (exact) mass is 310 g/mol. The number of nitrogens with zero attached hydrogens (tertiary/aromatic N) is 2. The largest absolute Gasteiger partial charge is 0.296 e. The number of hydrogen-bond donors (Lipinski definition) is 1. The van der Waals surface area contributed by atoms with Gasteiger partial charge in [-0.3, -0.25) is 15.1 Å². The summed E-state index contributed by atoms with van der Waals surface area (Å²) >= 11 is 7.59. The molecule has 2 aromatic rings. The Labute approximate surface area is 111 Å². The van der Waals surface area contributed by atoms with E-state index in [4.69, 9.17) is 0 Å². The van der Waals surface area contributed by atoms with Gasteiger partial charge in [-0.15, -0.1) is 12.6 Å². The van der Waals surface area contributed by atoms with Crippen LogP contribution >= 0.6 is 28.6 Å². The van der Waals surface area contributed by atoms with Crippen LogP contribution in [0.2, 0.25) is 0 Å². The van der Waals surface area contributed by atoms with Crippen molar-refractivity contribution in [3.63, 3.8) is 0 Å². The molecule has 0 fully saturated rings. The van der Waals surface area contributed by atoms with E-state index >= 15 is 0 Å². The van der Waals surface area contributed by atoms with Gasteiger partial charge < -0.3 is 0 Å². The normalized spacial score (nSPS) is 10.2. The molecule has 0 N–H and O–H groups in total. The van der Waals surface area contributed by atoms with Gasteiger partial charge in [0, 0.05) is 16.7 Å². The lowest BCUT2D eigenvalue weighted by atomic mass is 10.1. The van der Waals surface area contributed by atoms with Crippen molar-refractivity contribution in [2.24, 2.45) is 0 Å². The van der Waals surface area contributed by atoms with E-state index in [9.17, 15) is 10.1 Å². The van der Waals surface area contributed by atoms with E-state index in [1.54, 1.807) is 12.1 Å². The van der Waals surface area contributed by atoms with Crippen LogP contribution in [0.15, 0.2) is 46.0 Å². The van der Waals surface area contributed by atoms with E-state index in [0.717, 1.165) is 0 Å². The standard InChI is InChI=1S/C11H7BrN2O2S/c12-8-5-13-6-9(14(15)16)11(8)7-3-1-2-4-10(7)17/h1-6,17H. The van der Waals surface area contributed by atoms with Gasteiger partial charge in [0.05, 0.1) is 15.0 Å². The van der Waals surface area contributed by atoms with Gasteiger partial charge in [-0.05, 0) is 22.0 Å². The molecule has 0 spiro atoms. The molecule has 0 bridgehead atoms. The molecule has 0 aliphatic heterocycles. The summed E-state index contributed by atoms with van der Waals surface area (Å²) in [4.78, 5) is 15.0. The fourth-order valence-electron chi connectivity index (χ4n) is 1.51. The second-order valence-corrected chi connectivity index (χ2v) is 4.63. The number of aromatic nitrogens is 1. The van der Waals surface area contributed by atoms with Gasteiger partial charge in [0.2, 0.25) is 0 Å². The predicted octanol–water partition coefficient (Wildman–Crippen LogP) is 3.71. The average molecular weight is 311 g/mol. The van der Waals surface area contributed by atoms with Crippen LogP contribution < -0.4 is 0 Å². The summed E-state index contributed by atoms with van der Waals surface area (Å²) in [5, 5.41) is 11.0. The van der Waals surface area contributed by atoms with Gasteiger partial charge in [0.25, 0.3) is 5.69 Å². The third-order valence-electron chi connectivity index (χ3n) is 2.25. The number of nitro groups is 1. The first kappa shape index (κ1) is 12.1. The van der Waals surface area contributed by atoms with Crippen molar-refractivity contribution in [1.29, 1.82) is 0 Å². The number of pyridine rings is 1. The van der Waals surface area contributed by atoms with Crippen molar-refractivity contribution in [3.05, 3.63) is 51.2 Å². The lowest BCUT2D eigenvalue weighted by molar-refractivity contribution is -0.384. The fraction of sp³-hybridized carbons (Fsp3) is 0. The van der Waals surface area contributed by atoms with Gasteiger partial charge in [0.1, 0.15) is 6.20 Å². The van der Waals surface area contributed by atoms with Gasteiger partial charge >= 0.3 is 0 Å². The van der Waals surface area contributed by atoms with Crippen LogP contribution in [0.1, 0.15) is 0 Å². The summed E-state index contributed by atoms with van der Waals surface area (Å²) in [6.45, 7) is 0. The van der Waals surface area contributed by atoms with Crippen LogP contribution in [-0.2, 0) is 0 Å². The Kier molecular flexibility index (Phi) is 3.44. The maximum absolute atomic E-state index is 11.0. The SMILES string of the molecule is O=[N+]([O-])c1cncc(Br)c1-c1ccccc1S. The molecule has 2 rings (SSSR count). The molecule has 0 amide bonds. The number of hydrogen-bond acceptors (Lipinski definition) is 4. The zero-order valence-electron chi connectivity index (χ0n) is 8.50. The topological polar surface area (TPSA) is 56.0 Å². The second-order valence-electron chi connectivity index (χ2n) is 3.29. The minimum absolute atomic E-state index is 0.0409. The molecule has 0 unspecified atom stereocenters. The summed E-state index contributed by atoms with van der Waals surface area (Å²) in [5.74, 6) is 0. The third-order valence-corrected chi connectivity index (χ3v) is 3.24. The molecule has 0 saturated carbocycles. The molecule has 1 aromatic carbocycles. The molecule has 0 aliphatic rings. The van der Waals surface area contributed by atoms with Crippen LogP contribution in [0.5, 0.6) is 0 Å². The Morgan fingerprint density at radius 2 is 2.00 bits per heavy atom. The number of thiol groups is 1. The van der Waals surface area contributed by atoms with Crippen molar-refractivity contribution in [3.8, 4) is 11.1 Å². The lowest BCUT2D eigenvalue weighted by Gasteiger charge is -2.07. The third kappa shape index (κ3) is 2.32. The average Bonchev–Trinajstić information content (AvgIpc) is 2.30. The highest BCUT2D eigenvalue weighted by atomic mass is 79.9. The second kappa shape index (κ2) is 4.85. The smallest absolute Gasteiger partial charge is 0.258 e. The molecule has 0 saturated heterocycles. The Balaban J connectivity index is 2.75. The fourth-order valence-corrected chi connectivity index (χ4v) is 2.32. The molecule has 86 valence electrons. The summed E-state index contributed by atoms with van der Waals surface area (Å²) in [5.41, 5.74) is 1.16. The van der Waals surface area contributed by atoms with E-state index < -0.39 is 4.92 Å². The summed E-state index contributed by atoms with van der Waals surface area (Å²) in [6, 6.07) is 7.21. The van der Waals surface area contributed by atoms with Crippen LogP contribution in [0.25, 0.3) is 11.1 Å². The molecular weight excluding hydrogens is 304 g/mol. The minimum Gasteiger partial charge on any atom is -0.258 e. The molecular formula is C11H7BrN2O2S. The van der Waals surface area contributed by atoms with Gasteiger partial charge in [-0.2, -0.15) is 0 Å². The summed E-state index contributed by atoms with van der Waals surface area (Å²) in [6.07, 6.45) is 2.77. The zero-order valence-corrected chi connectivity index (χ0v) is 11.0. The molecule has 0 aliphatic carbocycles. The Bertz CT molecular complexity index is 589. The van der Waals surface area contributed by atoms with E-state index in [1.807, 2.05) is 12.1 Å². The van der Waals surface area contributed by atoms with Crippen LogP contribution in [0.4, 0.5) is 5.69 Å². The Hall–Kier alpha value is -1.40. The van der Waals surface area contributed by atoms with Gasteiger partial charge in [0.15, 0.2) is 0 Å². The Morgan fingerprint density at radius 1 is 1.29 bits per heavy atom. The Morgan fingerprint density at radius 3 is 2.65 bits per heavy atom. The van der Waals surface area contributed by atoms with E-state index in [2.05, 4.69) is 33.5 Å². The molecule has 6 heteroatoms. The van der Waals surface area contributed by atoms with Crippen LogP contribution in [-0.4, -0.2) is 9.91 Å². The van der Waals surface area contributed by atoms with E-state index in [1.165, 1.54) is 12.4 Å². The van der Waals surface area contributed by atoms with Crippen LogP contribution in [0.3, 0.4) is 0 Å². The summed E-state index contributed by atoms with van der Waals surface area (Å²) < 4.78 is 0.577. The highest BCUT2D eigenvalue weighted by Gasteiger charge is 2.20. The number of rotatable bonds is 2. The first-order valence-corrected chi connectivity index (χ1v) is 5.91. The lowest BCUT2D eigenvalue weighted by Crippen LogP contribution is -1.94. The minimum atomic E-state index is -0.451. The maximum atomic E-state index is 11.0. The highest BCUT2D eigenvalue weighted by Crippen LogP contribution is 2.38. The summed E-state index contributed by atoms with van der Waals surface area (Å²) in [7, 11) is 0. The van der Waals surface area contributed by atoms with Crippen LogP contribution in [0, 0.1) is 10.1 Å². The highest BCUT2D eigenvalue weighted by molar-refractivity contribution is 9.10. The first-order valence-electron chi connectivity index (χ1n) is 4.67. The zero-order chi connectivity index (χ0) is 12.4. The van der Waals surface area contributed by atoms with Crippen molar-refractivity contribution >= 4 is 34.2 Å². The number of halogens is 1. The molecule has 1 aromatic heterocycles. The quantitative estimate of drug-likeness (QED) is 0.522. The maximum Gasteiger partial charge on any atom is 0.296 e. The van der Waals surface area contributed by atoms with Gasteiger partial charge in [-0.25, -0.2) is 0 Å². The number of benzene rings is 1. The van der Waals surface area contributed by atoms with Crippen molar-refractivity contribution in [1.82, 2.24) is 4.98 Å². The molecule has 4 nitrogen and oxygen atoms in total.